The zero-order chi connectivity index (χ0) is 20.8. The van der Waals surface area contributed by atoms with Crippen LogP contribution in [-0.2, 0) is 6.54 Å². The zero-order valence-electron chi connectivity index (χ0n) is 17.2. The number of aromatic nitrogens is 4. The van der Waals surface area contributed by atoms with Crippen LogP contribution in [0, 0.1) is 11.8 Å². The SMILES string of the molecule is O[C@@H]1C[C@H]2CN(Cc3nnc(-c4ccccc4)o3)C[C@H]2C[C@H]1n1cnc2ccccc21. The van der Waals surface area contributed by atoms with E-state index in [9.17, 15) is 5.11 Å². The summed E-state index contributed by atoms with van der Waals surface area (Å²) in [4.78, 5) is 6.91. The van der Waals surface area contributed by atoms with Crippen molar-refractivity contribution in [2.75, 3.05) is 13.1 Å². The maximum Gasteiger partial charge on any atom is 0.247 e. The number of hydrogen-bond acceptors (Lipinski definition) is 6. The van der Waals surface area contributed by atoms with Gasteiger partial charge in [-0.3, -0.25) is 4.90 Å². The molecule has 1 aliphatic carbocycles. The number of aliphatic hydroxyl groups is 1. The Bertz CT molecular complexity index is 1190. The lowest BCUT2D eigenvalue weighted by molar-refractivity contribution is 0.0374. The number of fused-ring (bicyclic) bond motifs is 2. The summed E-state index contributed by atoms with van der Waals surface area (Å²) >= 11 is 0. The third-order valence-electron chi connectivity index (χ3n) is 6.87. The molecule has 1 saturated carbocycles. The molecule has 7 heteroatoms. The first kappa shape index (κ1) is 18.7. The molecule has 31 heavy (non-hydrogen) atoms. The Kier molecular flexibility index (Phi) is 4.58. The Morgan fingerprint density at radius 1 is 0.935 bits per heavy atom. The number of likely N-dealkylation sites (tertiary alicyclic amines) is 1. The lowest BCUT2D eigenvalue weighted by Gasteiger charge is -2.36. The van der Waals surface area contributed by atoms with Crippen molar-refractivity contribution in [3.63, 3.8) is 0 Å². The molecule has 158 valence electrons. The molecule has 2 aromatic heterocycles. The van der Waals surface area contributed by atoms with E-state index in [0.717, 1.165) is 42.5 Å². The van der Waals surface area contributed by atoms with Crippen LogP contribution < -0.4 is 0 Å². The van der Waals surface area contributed by atoms with Gasteiger partial charge in [-0.05, 0) is 48.9 Å². The number of nitrogens with zero attached hydrogens (tertiary/aromatic N) is 5. The van der Waals surface area contributed by atoms with Crippen LogP contribution >= 0.6 is 0 Å². The van der Waals surface area contributed by atoms with E-state index in [1.54, 1.807) is 0 Å². The summed E-state index contributed by atoms with van der Waals surface area (Å²) in [6, 6.07) is 18.1. The average molecular weight is 415 g/mol. The topological polar surface area (TPSA) is 80.2 Å². The predicted octanol–water partition coefficient (Wildman–Crippen LogP) is 3.53. The van der Waals surface area contributed by atoms with Crippen LogP contribution in [0.15, 0.2) is 65.3 Å². The average Bonchev–Trinajstić information content (AvgIpc) is 3.52. The standard InChI is InChI=1S/C24H25N5O2/c30-22-11-18-13-28(14-23-26-27-24(31-23)16-6-2-1-3-7-16)12-17(18)10-21(22)29-15-25-19-8-4-5-9-20(19)29/h1-9,15,17-18,21-22,30H,10-14H2/t17-,18+,21-,22-/m1/s1. The summed E-state index contributed by atoms with van der Waals surface area (Å²) in [7, 11) is 0. The van der Waals surface area contributed by atoms with Gasteiger partial charge in [0.2, 0.25) is 11.8 Å². The van der Waals surface area contributed by atoms with Crippen molar-refractivity contribution in [1.29, 1.82) is 0 Å². The molecule has 1 saturated heterocycles. The van der Waals surface area contributed by atoms with Crippen molar-refractivity contribution >= 4 is 11.0 Å². The van der Waals surface area contributed by atoms with E-state index in [4.69, 9.17) is 4.42 Å². The fourth-order valence-electron chi connectivity index (χ4n) is 5.38. The lowest BCUT2D eigenvalue weighted by atomic mass is 9.77. The van der Waals surface area contributed by atoms with Gasteiger partial charge in [0.25, 0.3) is 0 Å². The van der Waals surface area contributed by atoms with Crippen molar-refractivity contribution in [2.45, 2.75) is 31.5 Å². The second-order valence-corrected chi connectivity index (χ2v) is 8.83. The molecule has 0 unspecified atom stereocenters. The van der Waals surface area contributed by atoms with Crippen LogP contribution in [0.3, 0.4) is 0 Å². The molecule has 0 amide bonds. The van der Waals surface area contributed by atoms with Gasteiger partial charge in [0.05, 0.1) is 36.1 Å². The smallest absolute Gasteiger partial charge is 0.247 e. The van der Waals surface area contributed by atoms with E-state index in [-0.39, 0.29) is 12.1 Å². The van der Waals surface area contributed by atoms with Crippen LogP contribution in [0.1, 0.15) is 24.8 Å². The summed E-state index contributed by atoms with van der Waals surface area (Å²) in [5.41, 5.74) is 3.02. The van der Waals surface area contributed by atoms with E-state index >= 15 is 0 Å². The Hall–Kier alpha value is -3.03. The number of imidazole rings is 1. The van der Waals surface area contributed by atoms with Crippen molar-refractivity contribution < 1.29 is 9.52 Å². The number of para-hydroxylation sites is 2. The molecule has 2 fully saturated rings. The minimum Gasteiger partial charge on any atom is -0.419 e. The van der Waals surface area contributed by atoms with Crippen LogP contribution in [0.5, 0.6) is 0 Å². The number of aliphatic hydroxyl groups excluding tert-OH is 1. The first-order valence-electron chi connectivity index (χ1n) is 10.9. The molecule has 3 heterocycles. The summed E-state index contributed by atoms with van der Waals surface area (Å²) < 4.78 is 8.08. The molecule has 1 N–H and O–H groups in total. The Labute approximate surface area is 180 Å². The van der Waals surface area contributed by atoms with Gasteiger partial charge in [0.15, 0.2) is 0 Å². The summed E-state index contributed by atoms with van der Waals surface area (Å²) in [5.74, 6) is 2.26. The molecular weight excluding hydrogens is 390 g/mol. The zero-order valence-corrected chi connectivity index (χ0v) is 17.2. The highest BCUT2D eigenvalue weighted by Crippen LogP contribution is 2.42. The first-order chi connectivity index (χ1) is 15.2. The van der Waals surface area contributed by atoms with Crippen LogP contribution in [0.2, 0.25) is 0 Å². The third-order valence-corrected chi connectivity index (χ3v) is 6.87. The summed E-state index contributed by atoms with van der Waals surface area (Å²) in [6.07, 6.45) is 3.31. The Balaban J connectivity index is 1.16. The van der Waals surface area contributed by atoms with E-state index in [1.165, 1.54) is 0 Å². The van der Waals surface area contributed by atoms with E-state index in [0.29, 0.717) is 30.2 Å². The number of benzene rings is 2. The molecule has 0 spiro atoms. The van der Waals surface area contributed by atoms with Crippen molar-refractivity contribution in [2.24, 2.45) is 11.8 Å². The normalized spacial score (nSPS) is 26.4. The minimum absolute atomic E-state index is 0.0710. The largest absolute Gasteiger partial charge is 0.419 e. The molecule has 0 bridgehead atoms. The van der Waals surface area contributed by atoms with E-state index < -0.39 is 0 Å². The monoisotopic (exact) mass is 415 g/mol. The van der Waals surface area contributed by atoms with E-state index in [1.807, 2.05) is 54.9 Å². The highest BCUT2D eigenvalue weighted by Gasteiger charge is 2.42. The summed E-state index contributed by atoms with van der Waals surface area (Å²) in [6.45, 7) is 2.60. The quantitative estimate of drug-likeness (QED) is 0.549. The minimum atomic E-state index is -0.355. The highest BCUT2D eigenvalue weighted by atomic mass is 16.4. The number of rotatable bonds is 4. The molecule has 2 aromatic carbocycles. The van der Waals surface area contributed by atoms with Gasteiger partial charge < -0.3 is 14.1 Å². The second-order valence-electron chi connectivity index (χ2n) is 8.83. The van der Waals surface area contributed by atoms with Crippen molar-refractivity contribution in [3.05, 3.63) is 66.8 Å². The maximum absolute atomic E-state index is 10.9. The van der Waals surface area contributed by atoms with Crippen molar-refractivity contribution in [1.82, 2.24) is 24.6 Å². The van der Waals surface area contributed by atoms with E-state index in [2.05, 4.69) is 30.7 Å². The highest BCUT2D eigenvalue weighted by molar-refractivity contribution is 5.75. The molecule has 4 atom stereocenters. The Morgan fingerprint density at radius 2 is 1.71 bits per heavy atom. The molecule has 7 nitrogen and oxygen atoms in total. The second kappa shape index (κ2) is 7.59. The van der Waals surface area contributed by atoms with Crippen LogP contribution in [-0.4, -0.2) is 48.9 Å². The molecule has 6 rings (SSSR count). The van der Waals surface area contributed by atoms with Crippen LogP contribution in [0.25, 0.3) is 22.5 Å². The molecular formula is C24H25N5O2. The van der Waals surface area contributed by atoms with Gasteiger partial charge in [-0.1, -0.05) is 30.3 Å². The van der Waals surface area contributed by atoms with Crippen LogP contribution in [0.4, 0.5) is 0 Å². The van der Waals surface area contributed by atoms with Gasteiger partial charge in [-0.25, -0.2) is 4.98 Å². The fourth-order valence-corrected chi connectivity index (χ4v) is 5.38. The van der Waals surface area contributed by atoms with Gasteiger partial charge in [-0.15, -0.1) is 10.2 Å². The van der Waals surface area contributed by atoms with Gasteiger partial charge in [0.1, 0.15) is 0 Å². The molecule has 1 aliphatic heterocycles. The number of hydrogen-bond donors (Lipinski definition) is 1. The molecule has 4 aromatic rings. The fraction of sp³-hybridized carbons (Fsp3) is 0.375. The molecule has 2 aliphatic rings. The third kappa shape index (κ3) is 3.43. The Morgan fingerprint density at radius 3 is 2.58 bits per heavy atom. The first-order valence-corrected chi connectivity index (χ1v) is 10.9. The lowest BCUT2D eigenvalue weighted by Crippen LogP contribution is -2.36. The predicted molar refractivity (Wildman–Crippen MR) is 116 cm³/mol. The van der Waals surface area contributed by atoms with Gasteiger partial charge >= 0.3 is 0 Å². The maximum atomic E-state index is 10.9. The van der Waals surface area contributed by atoms with Gasteiger partial charge in [0, 0.05) is 18.7 Å². The molecule has 0 radical (unpaired) electrons. The summed E-state index contributed by atoms with van der Waals surface area (Å²) in [5, 5.41) is 19.4. The van der Waals surface area contributed by atoms with Gasteiger partial charge in [-0.2, -0.15) is 0 Å². The van der Waals surface area contributed by atoms with Crippen molar-refractivity contribution in [3.8, 4) is 11.5 Å².